The zero-order valence-corrected chi connectivity index (χ0v) is 18.6. The Labute approximate surface area is 188 Å². The van der Waals surface area contributed by atoms with Crippen LogP contribution in [0.25, 0.3) is 22.3 Å². The molecule has 1 saturated heterocycles. The third-order valence-corrected chi connectivity index (χ3v) is 6.43. The third kappa shape index (κ3) is 3.84. The first-order chi connectivity index (χ1) is 15.1. The SMILES string of the molecule is Cc1cccc(N2CCN(c3nc(-c4ccc(Cl)cc4)nc4ccccc34)CC2)c1C. The normalized spacial score (nSPS) is 14.3. The molecule has 0 radical (unpaired) electrons. The van der Waals surface area contributed by atoms with Gasteiger partial charge in [0.2, 0.25) is 0 Å². The Hall–Kier alpha value is -3.11. The van der Waals surface area contributed by atoms with Crippen LogP contribution in [0.1, 0.15) is 11.1 Å². The number of para-hydroxylation sites is 1. The Kier molecular flexibility index (Phi) is 5.24. The minimum absolute atomic E-state index is 0.715. The highest BCUT2D eigenvalue weighted by Crippen LogP contribution is 2.30. The number of aromatic nitrogens is 2. The molecule has 1 aliphatic rings. The molecule has 5 rings (SSSR count). The molecular weight excluding hydrogens is 404 g/mol. The summed E-state index contributed by atoms with van der Waals surface area (Å²) in [6.45, 7) is 8.19. The highest BCUT2D eigenvalue weighted by Gasteiger charge is 2.22. The number of hydrogen-bond donors (Lipinski definition) is 0. The predicted molar refractivity (Wildman–Crippen MR) is 130 cm³/mol. The van der Waals surface area contributed by atoms with Crippen LogP contribution in [-0.2, 0) is 0 Å². The van der Waals surface area contributed by atoms with Gasteiger partial charge in [-0.25, -0.2) is 9.97 Å². The molecule has 31 heavy (non-hydrogen) atoms. The Bertz CT molecular complexity index is 1230. The molecule has 1 fully saturated rings. The highest BCUT2D eigenvalue weighted by molar-refractivity contribution is 6.30. The van der Waals surface area contributed by atoms with E-state index >= 15 is 0 Å². The van der Waals surface area contributed by atoms with E-state index in [1.165, 1.54) is 16.8 Å². The zero-order chi connectivity index (χ0) is 21.4. The van der Waals surface area contributed by atoms with E-state index in [2.05, 4.69) is 60.0 Å². The maximum absolute atomic E-state index is 6.08. The summed E-state index contributed by atoms with van der Waals surface area (Å²) in [5.74, 6) is 1.75. The zero-order valence-electron chi connectivity index (χ0n) is 17.8. The summed E-state index contributed by atoms with van der Waals surface area (Å²) < 4.78 is 0. The highest BCUT2D eigenvalue weighted by atomic mass is 35.5. The van der Waals surface area contributed by atoms with Gasteiger partial charge in [-0.1, -0.05) is 35.9 Å². The molecule has 0 N–H and O–H groups in total. The van der Waals surface area contributed by atoms with Crippen LogP contribution in [0.5, 0.6) is 0 Å². The van der Waals surface area contributed by atoms with Crippen molar-refractivity contribution in [2.75, 3.05) is 36.0 Å². The van der Waals surface area contributed by atoms with E-state index < -0.39 is 0 Å². The number of benzene rings is 3. The second-order valence-corrected chi connectivity index (χ2v) is 8.52. The van der Waals surface area contributed by atoms with Crippen molar-refractivity contribution < 1.29 is 0 Å². The van der Waals surface area contributed by atoms with Gasteiger partial charge < -0.3 is 9.80 Å². The first-order valence-electron chi connectivity index (χ1n) is 10.7. The fourth-order valence-electron chi connectivity index (χ4n) is 4.27. The van der Waals surface area contributed by atoms with Crippen molar-refractivity contribution in [3.8, 4) is 11.4 Å². The molecule has 4 nitrogen and oxygen atoms in total. The number of anilines is 2. The van der Waals surface area contributed by atoms with E-state index in [4.69, 9.17) is 21.6 Å². The maximum Gasteiger partial charge on any atom is 0.162 e. The fraction of sp³-hybridized carbons (Fsp3) is 0.231. The Morgan fingerprint density at radius 3 is 2.23 bits per heavy atom. The van der Waals surface area contributed by atoms with Crippen molar-refractivity contribution in [2.45, 2.75) is 13.8 Å². The smallest absolute Gasteiger partial charge is 0.162 e. The third-order valence-electron chi connectivity index (χ3n) is 6.18. The standard InChI is InChI=1S/C26H25ClN4/c1-18-6-5-9-24(19(18)2)30-14-16-31(17-15-30)26-22-7-3-4-8-23(22)28-25(29-26)20-10-12-21(27)13-11-20/h3-13H,14-17H2,1-2H3. The molecule has 0 aliphatic carbocycles. The largest absolute Gasteiger partial charge is 0.368 e. The van der Waals surface area contributed by atoms with Crippen molar-refractivity contribution in [3.05, 3.63) is 82.9 Å². The van der Waals surface area contributed by atoms with Gasteiger partial charge in [0, 0.05) is 47.8 Å². The van der Waals surface area contributed by atoms with Crippen LogP contribution < -0.4 is 9.80 Å². The van der Waals surface area contributed by atoms with E-state index in [1.54, 1.807) is 0 Å². The summed E-state index contributed by atoms with van der Waals surface area (Å²) in [5.41, 5.74) is 6.00. The lowest BCUT2D eigenvalue weighted by atomic mass is 10.1. The lowest BCUT2D eigenvalue weighted by Gasteiger charge is -2.38. The van der Waals surface area contributed by atoms with Crippen molar-refractivity contribution in [2.24, 2.45) is 0 Å². The maximum atomic E-state index is 6.08. The summed E-state index contributed by atoms with van der Waals surface area (Å²) in [6, 6.07) is 22.6. The first kappa shape index (κ1) is 19.8. The van der Waals surface area contributed by atoms with Crippen LogP contribution in [0.15, 0.2) is 66.7 Å². The van der Waals surface area contributed by atoms with Gasteiger partial charge in [-0.05, 0) is 67.4 Å². The number of hydrogen-bond acceptors (Lipinski definition) is 4. The molecule has 156 valence electrons. The van der Waals surface area contributed by atoms with Gasteiger partial charge in [-0.15, -0.1) is 0 Å². The number of halogens is 1. The first-order valence-corrected chi connectivity index (χ1v) is 11.1. The summed E-state index contributed by atoms with van der Waals surface area (Å²) >= 11 is 6.08. The van der Waals surface area contributed by atoms with E-state index in [9.17, 15) is 0 Å². The van der Waals surface area contributed by atoms with Crippen LogP contribution >= 0.6 is 11.6 Å². The topological polar surface area (TPSA) is 32.3 Å². The van der Waals surface area contributed by atoms with Gasteiger partial charge in [0.05, 0.1) is 5.52 Å². The monoisotopic (exact) mass is 428 g/mol. The van der Waals surface area contributed by atoms with Crippen LogP contribution in [0, 0.1) is 13.8 Å². The molecule has 0 saturated carbocycles. The van der Waals surface area contributed by atoms with E-state index in [1.807, 2.05) is 30.3 Å². The van der Waals surface area contributed by atoms with E-state index in [0.29, 0.717) is 5.02 Å². The average Bonchev–Trinajstić information content (AvgIpc) is 2.81. The van der Waals surface area contributed by atoms with Gasteiger partial charge >= 0.3 is 0 Å². The minimum Gasteiger partial charge on any atom is -0.368 e. The summed E-state index contributed by atoms with van der Waals surface area (Å²) in [7, 11) is 0. The lowest BCUT2D eigenvalue weighted by Crippen LogP contribution is -2.47. The summed E-state index contributed by atoms with van der Waals surface area (Å²) in [4.78, 5) is 14.7. The van der Waals surface area contributed by atoms with Crippen molar-refractivity contribution in [1.29, 1.82) is 0 Å². The molecule has 0 unspecified atom stereocenters. The number of piperazine rings is 1. The average molecular weight is 429 g/mol. The molecule has 4 aromatic rings. The molecule has 0 amide bonds. The van der Waals surface area contributed by atoms with Crippen LogP contribution in [0.2, 0.25) is 5.02 Å². The number of rotatable bonds is 3. The fourth-order valence-corrected chi connectivity index (χ4v) is 4.39. The molecule has 2 heterocycles. The molecule has 0 spiro atoms. The van der Waals surface area contributed by atoms with Crippen molar-refractivity contribution in [3.63, 3.8) is 0 Å². The molecule has 1 aromatic heterocycles. The van der Waals surface area contributed by atoms with Gasteiger partial charge in [-0.2, -0.15) is 0 Å². The van der Waals surface area contributed by atoms with Gasteiger partial charge in [0.25, 0.3) is 0 Å². The second-order valence-electron chi connectivity index (χ2n) is 8.09. The minimum atomic E-state index is 0.715. The Balaban J connectivity index is 1.47. The molecular formula is C26H25ClN4. The quantitative estimate of drug-likeness (QED) is 0.407. The Morgan fingerprint density at radius 2 is 1.45 bits per heavy atom. The van der Waals surface area contributed by atoms with Crippen LogP contribution in [-0.4, -0.2) is 36.1 Å². The van der Waals surface area contributed by atoms with Crippen LogP contribution in [0.3, 0.4) is 0 Å². The van der Waals surface area contributed by atoms with Crippen molar-refractivity contribution in [1.82, 2.24) is 9.97 Å². The molecule has 0 atom stereocenters. The number of fused-ring (bicyclic) bond motifs is 1. The summed E-state index contributed by atoms with van der Waals surface area (Å²) in [6.07, 6.45) is 0. The molecule has 5 heteroatoms. The van der Waals surface area contributed by atoms with E-state index in [0.717, 1.165) is 54.3 Å². The van der Waals surface area contributed by atoms with Crippen LogP contribution in [0.4, 0.5) is 11.5 Å². The number of nitrogens with zero attached hydrogens (tertiary/aromatic N) is 4. The Morgan fingerprint density at radius 1 is 0.742 bits per heavy atom. The van der Waals surface area contributed by atoms with Gasteiger partial charge in [0.1, 0.15) is 5.82 Å². The molecule has 0 bridgehead atoms. The van der Waals surface area contributed by atoms with Gasteiger partial charge in [0.15, 0.2) is 5.82 Å². The predicted octanol–water partition coefficient (Wildman–Crippen LogP) is 5.89. The lowest BCUT2D eigenvalue weighted by molar-refractivity contribution is 0.648. The molecule has 1 aliphatic heterocycles. The molecule has 3 aromatic carbocycles. The van der Waals surface area contributed by atoms with Gasteiger partial charge in [-0.3, -0.25) is 0 Å². The van der Waals surface area contributed by atoms with Crippen molar-refractivity contribution >= 4 is 34.0 Å². The second kappa shape index (κ2) is 8.20. The summed E-state index contributed by atoms with van der Waals surface area (Å²) in [5, 5.41) is 1.81. The van der Waals surface area contributed by atoms with E-state index in [-0.39, 0.29) is 0 Å². The number of aryl methyl sites for hydroxylation is 1.